The highest BCUT2D eigenvalue weighted by Gasteiger charge is 2.33. The molecule has 1 aliphatic rings. The summed E-state index contributed by atoms with van der Waals surface area (Å²) in [6.45, 7) is 1.77. The van der Waals surface area contributed by atoms with Crippen LogP contribution in [0.25, 0.3) is 11.4 Å². The van der Waals surface area contributed by atoms with Gasteiger partial charge >= 0.3 is 0 Å². The van der Waals surface area contributed by atoms with Crippen molar-refractivity contribution >= 4 is 11.9 Å². The maximum Gasteiger partial charge on any atom is 0.248 e. The van der Waals surface area contributed by atoms with Crippen LogP contribution in [0.1, 0.15) is 18.5 Å². The van der Waals surface area contributed by atoms with Crippen LogP contribution >= 0.6 is 0 Å². The monoisotopic (exact) mass is 348 g/mol. The van der Waals surface area contributed by atoms with Gasteiger partial charge < -0.3 is 16.2 Å². The molecular weight excluding hydrogens is 332 g/mol. The molecule has 0 saturated heterocycles. The number of aromatic hydroxyl groups is 1. The number of phenols is 1. The van der Waals surface area contributed by atoms with E-state index in [4.69, 9.17) is 5.73 Å². The lowest BCUT2D eigenvalue weighted by Crippen LogP contribution is -2.31. The van der Waals surface area contributed by atoms with Gasteiger partial charge in [-0.05, 0) is 30.7 Å². The summed E-state index contributed by atoms with van der Waals surface area (Å²) in [7, 11) is 0. The van der Waals surface area contributed by atoms with Crippen molar-refractivity contribution in [3.63, 3.8) is 0 Å². The van der Waals surface area contributed by atoms with Gasteiger partial charge in [-0.3, -0.25) is 9.78 Å². The predicted molar refractivity (Wildman–Crippen MR) is 95.0 cm³/mol. The number of primary amides is 1. The number of hydrogen-bond acceptors (Lipinski definition) is 6. The first-order valence-corrected chi connectivity index (χ1v) is 7.98. The van der Waals surface area contributed by atoms with Gasteiger partial charge in [-0.1, -0.05) is 18.2 Å². The number of pyridine rings is 1. The van der Waals surface area contributed by atoms with Crippen molar-refractivity contribution in [2.45, 2.75) is 13.0 Å². The average molecular weight is 348 g/mol. The van der Waals surface area contributed by atoms with E-state index in [1.807, 2.05) is 6.07 Å². The van der Waals surface area contributed by atoms with Gasteiger partial charge in [-0.15, -0.1) is 5.10 Å². The van der Waals surface area contributed by atoms with Crippen LogP contribution in [0, 0.1) is 0 Å². The van der Waals surface area contributed by atoms with Crippen LogP contribution in [0.2, 0.25) is 0 Å². The van der Waals surface area contributed by atoms with Crippen LogP contribution in [-0.4, -0.2) is 30.8 Å². The minimum absolute atomic E-state index is 0.124. The maximum absolute atomic E-state index is 12.1. The normalized spacial score (nSPS) is 16.1. The number of carbonyl (C=O) groups is 1. The third-order valence-electron chi connectivity index (χ3n) is 4.22. The molecule has 0 saturated carbocycles. The summed E-state index contributed by atoms with van der Waals surface area (Å²) in [5.41, 5.74) is 8.09. The molecule has 4 rings (SSSR count). The number of allylic oxidation sites excluding steroid dienone is 1. The molecule has 4 N–H and O–H groups in total. The molecule has 26 heavy (non-hydrogen) atoms. The van der Waals surface area contributed by atoms with E-state index < -0.39 is 11.9 Å². The molecule has 0 fully saturated rings. The average Bonchev–Trinajstić information content (AvgIpc) is 3.04. The lowest BCUT2D eigenvalue weighted by molar-refractivity contribution is -0.115. The minimum atomic E-state index is -0.538. The molecule has 1 amide bonds. The first kappa shape index (κ1) is 15.8. The molecule has 2 aromatic heterocycles. The molecule has 1 aromatic carbocycles. The Kier molecular flexibility index (Phi) is 3.65. The number of hydrogen-bond donors (Lipinski definition) is 3. The zero-order chi connectivity index (χ0) is 18.3. The van der Waals surface area contributed by atoms with Crippen LogP contribution in [0.15, 0.2) is 60.1 Å². The van der Waals surface area contributed by atoms with Crippen LogP contribution in [0.4, 0.5) is 5.95 Å². The number of phenolic OH excluding ortho intramolecular Hbond substituents is 1. The van der Waals surface area contributed by atoms with E-state index in [9.17, 15) is 9.90 Å². The van der Waals surface area contributed by atoms with Gasteiger partial charge in [0, 0.05) is 23.7 Å². The Morgan fingerprint density at radius 3 is 2.85 bits per heavy atom. The zero-order valence-corrected chi connectivity index (χ0v) is 13.9. The van der Waals surface area contributed by atoms with Crippen molar-refractivity contribution < 1.29 is 9.90 Å². The molecular formula is C18H16N6O2. The highest BCUT2D eigenvalue weighted by molar-refractivity contribution is 5.95. The van der Waals surface area contributed by atoms with Crippen LogP contribution in [-0.2, 0) is 4.79 Å². The fourth-order valence-electron chi connectivity index (χ4n) is 3.08. The van der Waals surface area contributed by atoms with Crippen molar-refractivity contribution in [2.75, 3.05) is 5.32 Å². The quantitative estimate of drug-likeness (QED) is 0.664. The lowest BCUT2D eigenvalue weighted by atomic mass is 9.97. The van der Waals surface area contributed by atoms with Crippen molar-refractivity contribution in [2.24, 2.45) is 5.73 Å². The van der Waals surface area contributed by atoms with E-state index in [0.29, 0.717) is 28.6 Å². The second kappa shape index (κ2) is 5.99. The summed E-state index contributed by atoms with van der Waals surface area (Å²) in [5.74, 6) is 0.499. The van der Waals surface area contributed by atoms with Gasteiger partial charge in [0.25, 0.3) is 0 Å². The van der Waals surface area contributed by atoms with Crippen molar-refractivity contribution in [1.29, 1.82) is 0 Å². The fraction of sp³-hybridized carbons (Fsp3) is 0.111. The number of aromatic nitrogens is 4. The summed E-state index contributed by atoms with van der Waals surface area (Å²) in [6, 6.07) is 9.79. The van der Waals surface area contributed by atoms with Crippen molar-refractivity contribution in [3.8, 4) is 17.1 Å². The van der Waals surface area contributed by atoms with Crippen molar-refractivity contribution in [1.82, 2.24) is 19.7 Å². The third-order valence-corrected chi connectivity index (χ3v) is 4.22. The van der Waals surface area contributed by atoms with Gasteiger partial charge in [-0.2, -0.15) is 4.98 Å². The van der Waals surface area contributed by atoms with Gasteiger partial charge in [-0.25, -0.2) is 4.68 Å². The second-order valence-corrected chi connectivity index (χ2v) is 5.97. The first-order valence-electron chi connectivity index (χ1n) is 7.98. The van der Waals surface area contributed by atoms with Crippen LogP contribution in [0.3, 0.4) is 0 Å². The third kappa shape index (κ3) is 2.57. The number of amides is 1. The van der Waals surface area contributed by atoms with E-state index in [-0.39, 0.29) is 5.75 Å². The Morgan fingerprint density at radius 2 is 2.15 bits per heavy atom. The molecule has 130 valence electrons. The second-order valence-electron chi connectivity index (χ2n) is 5.97. The number of rotatable bonds is 3. The summed E-state index contributed by atoms with van der Waals surface area (Å²) in [5, 5.41) is 17.3. The molecule has 1 unspecified atom stereocenters. The highest BCUT2D eigenvalue weighted by Crippen LogP contribution is 2.35. The minimum Gasteiger partial charge on any atom is -0.508 e. The molecule has 3 aromatic rings. The molecule has 1 atom stereocenters. The molecule has 8 heteroatoms. The Balaban J connectivity index is 1.89. The lowest BCUT2D eigenvalue weighted by Gasteiger charge is -2.27. The number of fused-ring (bicyclic) bond motifs is 1. The summed E-state index contributed by atoms with van der Waals surface area (Å²) in [4.78, 5) is 20.7. The van der Waals surface area contributed by atoms with E-state index in [0.717, 1.165) is 5.56 Å². The number of nitrogens with zero attached hydrogens (tertiary/aromatic N) is 4. The molecule has 0 spiro atoms. The Hall–Kier alpha value is -3.68. The fourth-order valence-corrected chi connectivity index (χ4v) is 3.08. The molecule has 3 heterocycles. The van der Waals surface area contributed by atoms with E-state index in [1.165, 1.54) is 0 Å². The van der Waals surface area contributed by atoms with Crippen LogP contribution in [0.5, 0.6) is 5.75 Å². The van der Waals surface area contributed by atoms with Gasteiger partial charge in [0.15, 0.2) is 5.82 Å². The standard InChI is InChI=1S/C18H16N6O2/c1-10-14(16(19)26)15(12-5-3-7-20-9-12)24-18(21-10)22-17(23-24)11-4-2-6-13(25)8-11/h2-9,15,25H,1H3,(H2,19,26)(H,21,22,23). The zero-order valence-electron chi connectivity index (χ0n) is 13.9. The Labute approximate surface area is 149 Å². The number of benzene rings is 1. The van der Waals surface area contributed by atoms with E-state index in [2.05, 4.69) is 20.4 Å². The smallest absolute Gasteiger partial charge is 0.248 e. The number of nitrogens with one attached hydrogen (secondary N) is 1. The largest absolute Gasteiger partial charge is 0.508 e. The summed E-state index contributed by atoms with van der Waals surface area (Å²) < 4.78 is 1.61. The molecule has 1 aliphatic heterocycles. The maximum atomic E-state index is 12.1. The topological polar surface area (TPSA) is 119 Å². The van der Waals surface area contributed by atoms with Crippen LogP contribution < -0.4 is 11.1 Å². The Bertz CT molecular complexity index is 1030. The number of carbonyl (C=O) groups excluding carboxylic acids is 1. The SMILES string of the molecule is CC1=C(C(N)=O)C(c2cccnc2)n2nc(-c3cccc(O)c3)nc2N1. The number of nitrogens with two attached hydrogens (primary N) is 1. The van der Waals surface area contributed by atoms with Gasteiger partial charge in [0.2, 0.25) is 11.9 Å². The van der Waals surface area contributed by atoms with Gasteiger partial charge in [0.1, 0.15) is 11.8 Å². The molecule has 8 nitrogen and oxygen atoms in total. The summed E-state index contributed by atoms with van der Waals surface area (Å²) >= 11 is 0. The predicted octanol–water partition coefficient (Wildman–Crippen LogP) is 1.82. The molecule has 0 aliphatic carbocycles. The van der Waals surface area contributed by atoms with Crippen molar-refractivity contribution in [3.05, 3.63) is 65.6 Å². The molecule has 0 radical (unpaired) electrons. The molecule has 0 bridgehead atoms. The first-order chi connectivity index (χ1) is 12.5. The summed E-state index contributed by atoms with van der Waals surface area (Å²) in [6.07, 6.45) is 3.33. The van der Waals surface area contributed by atoms with Gasteiger partial charge in [0.05, 0.1) is 5.57 Å². The van der Waals surface area contributed by atoms with E-state index in [1.54, 1.807) is 54.3 Å². The highest BCUT2D eigenvalue weighted by atomic mass is 16.3. The Morgan fingerprint density at radius 1 is 1.31 bits per heavy atom. The van der Waals surface area contributed by atoms with E-state index >= 15 is 0 Å². The number of anilines is 1.